The van der Waals surface area contributed by atoms with Gasteiger partial charge in [0, 0.05) is 10.9 Å². The van der Waals surface area contributed by atoms with Crippen molar-refractivity contribution in [1.29, 1.82) is 0 Å². The van der Waals surface area contributed by atoms with E-state index in [-0.39, 0.29) is 5.69 Å². The highest BCUT2D eigenvalue weighted by molar-refractivity contribution is 7.13. The zero-order chi connectivity index (χ0) is 13.8. The zero-order valence-corrected chi connectivity index (χ0v) is 11.3. The molecule has 1 heterocycles. The molecular weight excluding hydrogens is 266 g/mol. The number of carbonyl (C=O) groups excluding carboxylic acids is 1. The summed E-state index contributed by atoms with van der Waals surface area (Å²) < 4.78 is 10.4. The maximum absolute atomic E-state index is 11.3. The average Bonchev–Trinajstić information content (AvgIpc) is 2.95. The first-order chi connectivity index (χ1) is 9.19. The lowest BCUT2D eigenvalue weighted by Crippen LogP contribution is -2.30. The Morgan fingerprint density at radius 3 is 2.68 bits per heavy atom. The number of amides is 1. The van der Waals surface area contributed by atoms with Crippen molar-refractivity contribution in [2.24, 2.45) is 5.84 Å². The molecule has 1 aromatic carbocycles. The minimum atomic E-state index is -0.414. The number of nitrogens with one attached hydrogen (secondary N) is 1. The summed E-state index contributed by atoms with van der Waals surface area (Å²) in [5, 5.41) is 2.35. The molecule has 1 aromatic heterocycles. The summed E-state index contributed by atoms with van der Waals surface area (Å²) >= 11 is 1.36. The number of nitrogen functional groups attached to an aromatic ring is 1. The first kappa shape index (κ1) is 13.3. The molecule has 100 valence electrons. The number of methoxy groups -OCH3 is 2. The van der Waals surface area contributed by atoms with E-state index >= 15 is 0 Å². The molecule has 1 amide bonds. The predicted molar refractivity (Wildman–Crippen MR) is 72.3 cm³/mol. The SMILES string of the molecule is COc1ccc(-c2nc(C(=O)NN)cs2)cc1OC. The second kappa shape index (κ2) is 5.68. The van der Waals surface area contributed by atoms with Crippen LogP contribution in [0.1, 0.15) is 10.5 Å². The van der Waals surface area contributed by atoms with Crippen molar-refractivity contribution in [2.45, 2.75) is 0 Å². The Balaban J connectivity index is 2.36. The number of hydrazine groups is 1. The minimum Gasteiger partial charge on any atom is -0.493 e. The number of hydrogen-bond acceptors (Lipinski definition) is 6. The summed E-state index contributed by atoms with van der Waals surface area (Å²) in [5.41, 5.74) is 3.18. The standard InChI is InChI=1S/C12H13N3O3S/c1-17-9-4-3-7(5-10(9)18-2)12-14-8(6-19-12)11(16)15-13/h3-6H,13H2,1-2H3,(H,15,16). The van der Waals surface area contributed by atoms with Gasteiger partial charge in [-0.3, -0.25) is 10.2 Å². The summed E-state index contributed by atoms with van der Waals surface area (Å²) in [6.45, 7) is 0. The Hall–Kier alpha value is -2.12. The smallest absolute Gasteiger partial charge is 0.284 e. The Kier molecular flexibility index (Phi) is 3.98. The van der Waals surface area contributed by atoms with Crippen LogP contribution in [0.3, 0.4) is 0 Å². The Labute approximate surface area is 114 Å². The molecular formula is C12H13N3O3S. The fourth-order valence-electron chi connectivity index (χ4n) is 1.55. The lowest BCUT2D eigenvalue weighted by atomic mass is 10.2. The van der Waals surface area contributed by atoms with Crippen LogP contribution in [0.5, 0.6) is 11.5 Å². The average molecular weight is 279 g/mol. The van der Waals surface area contributed by atoms with Gasteiger partial charge in [-0.25, -0.2) is 10.8 Å². The van der Waals surface area contributed by atoms with Gasteiger partial charge in [-0.15, -0.1) is 11.3 Å². The van der Waals surface area contributed by atoms with Crippen LogP contribution in [0.15, 0.2) is 23.6 Å². The summed E-state index contributed by atoms with van der Waals surface area (Å²) in [4.78, 5) is 15.6. The number of nitrogens with two attached hydrogens (primary N) is 1. The summed E-state index contributed by atoms with van der Waals surface area (Å²) in [7, 11) is 3.14. The molecule has 0 saturated heterocycles. The third kappa shape index (κ3) is 2.67. The van der Waals surface area contributed by atoms with Crippen LogP contribution in [0.2, 0.25) is 0 Å². The van der Waals surface area contributed by atoms with Crippen LogP contribution < -0.4 is 20.7 Å². The molecule has 7 heteroatoms. The van der Waals surface area contributed by atoms with Gasteiger partial charge in [-0.1, -0.05) is 0 Å². The van der Waals surface area contributed by atoms with Crippen molar-refractivity contribution < 1.29 is 14.3 Å². The second-order valence-corrected chi connectivity index (χ2v) is 4.44. The highest BCUT2D eigenvalue weighted by Crippen LogP contribution is 2.33. The van der Waals surface area contributed by atoms with Gasteiger partial charge in [-0.2, -0.15) is 0 Å². The van der Waals surface area contributed by atoms with Crippen LogP contribution >= 0.6 is 11.3 Å². The molecule has 0 aliphatic rings. The maximum Gasteiger partial charge on any atom is 0.284 e. The number of rotatable bonds is 4. The van der Waals surface area contributed by atoms with Gasteiger partial charge in [0.1, 0.15) is 10.7 Å². The molecule has 2 aromatic rings. The lowest BCUT2D eigenvalue weighted by Gasteiger charge is -2.08. The number of benzene rings is 1. The molecule has 3 N–H and O–H groups in total. The molecule has 0 radical (unpaired) electrons. The van der Waals surface area contributed by atoms with Crippen LogP contribution in [0, 0.1) is 0 Å². The molecule has 0 atom stereocenters. The van der Waals surface area contributed by atoms with Crippen molar-refractivity contribution in [3.63, 3.8) is 0 Å². The van der Waals surface area contributed by atoms with E-state index in [4.69, 9.17) is 15.3 Å². The highest BCUT2D eigenvalue weighted by Gasteiger charge is 2.12. The summed E-state index contributed by atoms with van der Waals surface area (Å²) in [6.07, 6.45) is 0. The van der Waals surface area contributed by atoms with E-state index in [1.807, 2.05) is 17.6 Å². The first-order valence-electron chi connectivity index (χ1n) is 5.38. The van der Waals surface area contributed by atoms with Crippen LogP contribution in [-0.4, -0.2) is 25.1 Å². The topological polar surface area (TPSA) is 86.5 Å². The molecule has 0 fully saturated rings. The number of aromatic nitrogens is 1. The molecule has 2 rings (SSSR count). The molecule has 6 nitrogen and oxygen atoms in total. The van der Waals surface area contributed by atoms with Gasteiger partial charge in [0.25, 0.3) is 5.91 Å². The number of hydrogen-bond donors (Lipinski definition) is 2. The molecule has 0 bridgehead atoms. The molecule has 0 aliphatic heterocycles. The largest absolute Gasteiger partial charge is 0.493 e. The molecule has 0 saturated carbocycles. The highest BCUT2D eigenvalue weighted by atomic mass is 32.1. The van der Waals surface area contributed by atoms with Gasteiger partial charge in [0.05, 0.1) is 14.2 Å². The fraction of sp³-hybridized carbons (Fsp3) is 0.167. The fourth-order valence-corrected chi connectivity index (χ4v) is 2.35. The van der Waals surface area contributed by atoms with Crippen molar-refractivity contribution >= 4 is 17.2 Å². The normalized spacial score (nSPS) is 10.1. The van der Waals surface area contributed by atoms with E-state index in [2.05, 4.69) is 4.98 Å². The molecule has 0 spiro atoms. The molecule has 0 unspecified atom stereocenters. The van der Waals surface area contributed by atoms with Gasteiger partial charge in [0.15, 0.2) is 11.5 Å². The molecule has 19 heavy (non-hydrogen) atoms. The number of nitrogens with zero attached hydrogens (tertiary/aromatic N) is 1. The Bertz CT molecular complexity index is 598. The Morgan fingerprint density at radius 2 is 2.05 bits per heavy atom. The predicted octanol–water partition coefficient (Wildman–Crippen LogP) is 1.43. The lowest BCUT2D eigenvalue weighted by molar-refractivity contribution is 0.0949. The van der Waals surface area contributed by atoms with E-state index in [1.165, 1.54) is 11.3 Å². The number of carbonyl (C=O) groups is 1. The van der Waals surface area contributed by atoms with Gasteiger partial charge < -0.3 is 9.47 Å². The van der Waals surface area contributed by atoms with Crippen molar-refractivity contribution in [3.8, 4) is 22.1 Å². The number of thiazole rings is 1. The van der Waals surface area contributed by atoms with Gasteiger partial charge in [-0.05, 0) is 18.2 Å². The van der Waals surface area contributed by atoms with E-state index in [0.29, 0.717) is 16.5 Å². The summed E-state index contributed by atoms with van der Waals surface area (Å²) in [5.74, 6) is 5.90. The van der Waals surface area contributed by atoms with Crippen LogP contribution in [0.4, 0.5) is 0 Å². The monoisotopic (exact) mass is 279 g/mol. The second-order valence-electron chi connectivity index (χ2n) is 3.58. The quantitative estimate of drug-likeness (QED) is 0.502. The third-order valence-corrected chi connectivity index (χ3v) is 3.39. The molecule has 0 aliphatic carbocycles. The Morgan fingerprint density at radius 1 is 1.32 bits per heavy atom. The van der Waals surface area contributed by atoms with Crippen LogP contribution in [-0.2, 0) is 0 Å². The van der Waals surface area contributed by atoms with Gasteiger partial charge in [0.2, 0.25) is 0 Å². The summed E-state index contributed by atoms with van der Waals surface area (Å²) in [6, 6.07) is 5.45. The number of ether oxygens (including phenoxy) is 2. The van der Waals surface area contributed by atoms with E-state index in [0.717, 1.165) is 5.56 Å². The third-order valence-electron chi connectivity index (χ3n) is 2.50. The maximum atomic E-state index is 11.3. The van der Waals surface area contributed by atoms with Gasteiger partial charge >= 0.3 is 0 Å². The van der Waals surface area contributed by atoms with E-state index in [9.17, 15) is 4.79 Å². The van der Waals surface area contributed by atoms with Crippen molar-refractivity contribution in [1.82, 2.24) is 10.4 Å². The first-order valence-corrected chi connectivity index (χ1v) is 6.26. The van der Waals surface area contributed by atoms with E-state index < -0.39 is 5.91 Å². The minimum absolute atomic E-state index is 0.289. The zero-order valence-electron chi connectivity index (χ0n) is 10.5. The van der Waals surface area contributed by atoms with Crippen LogP contribution in [0.25, 0.3) is 10.6 Å². The van der Waals surface area contributed by atoms with Crippen molar-refractivity contribution in [2.75, 3.05) is 14.2 Å². The van der Waals surface area contributed by atoms with E-state index in [1.54, 1.807) is 25.7 Å². The van der Waals surface area contributed by atoms with Crippen molar-refractivity contribution in [3.05, 3.63) is 29.3 Å².